The van der Waals surface area contributed by atoms with Crippen molar-refractivity contribution in [3.05, 3.63) is 16.1 Å². The summed E-state index contributed by atoms with van der Waals surface area (Å²) in [6, 6.07) is 0. The zero-order valence-corrected chi connectivity index (χ0v) is 13.5. The summed E-state index contributed by atoms with van der Waals surface area (Å²) in [6.45, 7) is 10.9. The molecule has 1 aromatic heterocycles. The standard InChI is InChI=1S/C15H25NO2S/c1-6-8-11(14(17)18-7-2)9-13-16-12(10-19-13)15(3,4)5/h10-11H,6-9H2,1-5H3. The fourth-order valence-electron chi connectivity index (χ4n) is 1.87. The Bertz CT molecular complexity index is 407. The van der Waals surface area contributed by atoms with Gasteiger partial charge in [-0.05, 0) is 13.3 Å². The van der Waals surface area contributed by atoms with Crippen LogP contribution in [-0.4, -0.2) is 17.6 Å². The third-order valence-corrected chi connectivity index (χ3v) is 3.87. The maximum absolute atomic E-state index is 11.9. The summed E-state index contributed by atoms with van der Waals surface area (Å²) >= 11 is 1.65. The molecule has 0 saturated carbocycles. The zero-order valence-electron chi connectivity index (χ0n) is 12.7. The summed E-state index contributed by atoms with van der Waals surface area (Å²) in [5.74, 6) is -0.138. The summed E-state index contributed by atoms with van der Waals surface area (Å²) in [5.41, 5.74) is 1.17. The maximum Gasteiger partial charge on any atom is 0.309 e. The number of aromatic nitrogens is 1. The topological polar surface area (TPSA) is 39.2 Å². The van der Waals surface area contributed by atoms with Crippen molar-refractivity contribution >= 4 is 17.3 Å². The molecule has 19 heavy (non-hydrogen) atoms. The van der Waals surface area contributed by atoms with E-state index in [1.807, 2.05) is 6.92 Å². The molecule has 0 saturated heterocycles. The van der Waals surface area contributed by atoms with Crippen LogP contribution < -0.4 is 0 Å². The fraction of sp³-hybridized carbons (Fsp3) is 0.733. The van der Waals surface area contributed by atoms with E-state index in [0.717, 1.165) is 23.5 Å². The number of esters is 1. The number of thiazole rings is 1. The summed E-state index contributed by atoms with van der Waals surface area (Å²) in [7, 11) is 0. The lowest BCUT2D eigenvalue weighted by Crippen LogP contribution is -2.20. The van der Waals surface area contributed by atoms with Gasteiger partial charge in [0.15, 0.2) is 0 Å². The first kappa shape index (κ1) is 16.2. The van der Waals surface area contributed by atoms with Crippen LogP contribution in [0.25, 0.3) is 0 Å². The van der Waals surface area contributed by atoms with Crippen LogP contribution >= 0.6 is 11.3 Å². The number of hydrogen-bond donors (Lipinski definition) is 0. The van der Waals surface area contributed by atoms with Gasteiger partial charge < -0.3 is 4.74 Å². The highest BCUT2D eigenvalue weighted by Gasteiger charge is 2.23. The molecule has 0 N–H and O–H groups in total. The molecule has 1 heterocycles. The smallest absolute Gasteiger partial charge is 0.309 e. The number of hydrogen-bond acceptors (Lipinski definition) is 4. The van der Waals surface area contributed by atoms with E-state index in [4.69, 9.17) is 4.74 Å². The molecular formula is C15H25NO2S. The third-order valence-electron chi connectivity index (χ3n) is 3.00. The van der Waals surface area contributed by atoms with E-state index < -0.39 is 0 Å². The average Bonchev–Trinajstić information content (AvgIpc) is 2.77. The van der Waals surface area contributed by atoms with Gasteiger partial charge in [-0.15, -0.1) is 11.3 Å². The van der Waals surface area contributed by atoms with Crippen molar-refractivity contribution in [2.45, 2.75) is 59.3 Å². The minimum absolute atomic E-state index is 0.0519. The van der Waals surface area contributed by atoms with Crippen molar-refractivity contribution in [1.29, 1.82) is 0 Å². The summed E-state index contributed by atoms with van der Waals surface area (Å²) in [6.07, 6.45) is 2.55. The molecule has 0 aliphatic rings. The number of nitrogens with zero attached hydrogens (tertiary/aromatic N) is 1. The Hall–Kier alpha value is -0.900. The molecule has 1 rings (SSSR count). The van der Waals surface area contributed by atoms with Crippen LogP contribution in [0, 0.1) is 5.92 Å². The zero-order chi connectivity index (χ0) is 14.5. The van der Waals surface area contributed by atoms with Gasteiger partial charge in [-0.2, -0.15) is 0 Å². The second-order valence-electron chi connectivity index (χ2n) is 5.82. The van der Waals surface area contributed by atoms with E-state index in [1.54, 1.807) is 11.3 Å². The Balaban J connectivity index is 2.74. The van der Waals surface area contributed by atoms with Gasteiger partial charge in [-0.3, -0.25) is 4.79 Å². The highest BCUT2D eigenvalue weighted by molar-refractivity contribution is 7.09. The van der Waals surface area contributed by atoms with E-state index in [9.17, 15) is 4.79 Å². The van der Waals surface area contributed by atoms with Crippen molar-refractivity contribution in [1.82, 2.24) is 4.98 Å². The van der Waals surface area contributed by atoms with Crippen molar-refractivity contribution in [2.75, 3.05) is 6.61 Å². The maximum atomic E-state index is 11.9. The van der Waals surface area contributed by atoms with Crippen molar-refractivity contribution < 1.29 is 9.53 Å². The molecule has 1 atom stereocenters. The second-order valence-corrected chi connectivity index (χ2v) is 6.76. The molecule has 0 radical (unpaired) electrons. The van der Waals surface area contributed by atoms with Gasteiger partial charge in [0, 0.05) is 17.2 Å². The minimum Gasteiger partial charge on any atom is -0.466 e. The Kier molecular flexibility index (Phi) is 5.98. The Morgan fingerprint density at radius 1 is 1.42 bits per heavy atom. The van der Waals surface area contributed by atoms with E-state index in [2.05, 4.69) is 38.1 Å². The number of carbonyl (C=O) groups is 1. The van der Waals surface area contributed by atoms with Crippen LogP contribution in [-0.2, 0) is 21.4 Å². The van der Waals surface area contributed by atoms with Crippen LogP contribution in [0.2, 0.25) is 0 Å². The monoisotopic (exact) mass is 283 g/mol. The van der Waals surface area contributed by atoms with Gasteiger partial charge in [-0.1, -0.05) is 34.1 Å². The normalized spacial score (nSPS) is 13.3. The van der Waals surface area contributed by atoms with Gasteiger partial charge in [-0.25, -0.2) is 4.98 Å². The molecule has 3 nitrogen and oxygen atoms in total. The third kappa shape index (κ3) is 4.94. The van der Waals surface area contributed by atoms with Crippen LogP contribution in [0.1, 0.15) is 58.2 Å². The van der Waals surface area contributed by atoms with Crippen LogP contribution in [0.5, 0.6) is 0 Å². The van der Waals surface area contributed by atoms with E-state index in [1.165, 1.54) is 0 Å². The average molecular weight is 283 g/mol. The first-order valence-electron chi connectivity index (χ1n) is 7.00. The first-order valence-corrected chi connectivity index (χ1v) is 7.88. The first-order chi connectivity index (χ1) is 8.88. The predicted octanol–water partition coefficient (Wildman–Crippen LogP) is 3.96. The highest BCUT2D eigenvalue weighted by Crippen LogP contribution is 2.26. The minimum atomic E-state index is -0.0862. The number of rotatable bonds is 6. The van der Waals surface area contributed by atoms with E-state index in [-0.39, 0.29) is 17.3 Å². The van der Waals surface area contributed by atoms with Crippen molar-refractivity contribution in [3.63, 3.8) is 0 Å². The predicted molar refractivity (Wildman–Crippen MR) is 79.5 cm³/mol. The molecule has 0 bridgehead atoms. The SMILES string of the molecule is CCCC(Cc1nc(C(C)(C)C)cs1)C(=O)OCC. The second kappa shape index (κ2) is 7.04. The lowest BCUT2D eigenvalue weighted by atomic mass is 9.93. The van der Waals surface area contributed by atoms with Gasteiger partial charge >= 0.3 is 5.97 Å². The summed E-state index contributed by atoms with van der Waals surface area (Å²) < 4.78 is 5.14. The van der Waals surface area contributed by atoms with Crippen LogP contribution in [0.4, 0.5) is 0 Å². The molecule has 0 aliphatic heterocycles. The highest BCUT2D eigenvalue weighted by atomic mass is 32.1. The Labute approximate surface area is 120 Å². The van der Waals surface area contributed by atoms with Crippen LogP contribution in [0.3, 0.4) is 0 Å². The van der Waals surface area contributed by atoms with Gasteiger partial charge in [0.25, 0.3) is 0 Å². The molecule has 0 aromatic carbocycles. The summed E-state index contributed by atoms with van der Waals surface area (Å²) in [4.78, 5) is 16.6. The molecule has 1 aromatic rings. The number of ether oxygens (including phenoxy) is 1. The molecule has 0 aliphatic carbocycles. The fourth-order valence-corrected chi connectivity index (χ4v) is 2.97. The molecule has 108 valence electrons. The van der Waals surface area contributed by atoms with Gasteiger partial charge in [0.1, 0.15) is 0 Å². The quantitative estimate of drug-likeness (QED) is 0.742. The molecule has 0 fully saturated rings. The van der Waals surface area contributed by atoms with Crippen LogP contribution in [0.15, 0.2) is 5.38 Å². The number of carbonyl (C=O) groups excluding carboxylic acids is 1. The Morgan fingerprint density at radius 3 is 2.58 bits per heavy atom. The molecule has 1 unspecified atom stereocenters. The summed E-state index contributed by atoms with van der Waals surface area (Å²) in [5, 5.41) is 3.14. The lowest BCUT2D eigenvalue weighted by molar-refractivity contribution is -0.148. The molecule has 4 heteroatoms. The van der Waals surface area contributed by atoms with Crippen molar-refractivity contribution in [2.24, 2.45) is 5.92 Å². The van der Waals surface area contributed by atoms with E-state index in [0.29, 0.717) is 13.0 Å². The molecular weight excluding hydrogens is 258 g/mol. The van der Waals surface area contributed by atoms with Gasteiger partial charge in [0.05, 0.1) is 23.2 Å². The Morgan fingerprint density at radius 2 is 2.11 bits per heavy atom. The molecule has 0 amide bonds. The van der Waals surface area contributed by atoms with Gasteiger partial charge in [0.2, 0.25) is 0 Å². The van der Waals surface area contributed by atoms with Crippen molar-refractivity contribution in [3.8, 4) is 0 Å². The molecule has 0 spiro atoms. The lowest BCUT2D eigenvalue weighted by Gasteiger charge is -2.15. The van der Waals surface area contributed by atoms with E-state index >= 15 is 0 Å². The largest absolute Gasteiger partial charge is 0.466 e.